The molecular formula is C14H26N2O2S. The van der Waals surface area contributed by atoms with Gasteiger partial charge < -0.3 is 14.8 Å². The monoisotopic (exact) mass is 286 g/mol. The Bertz CT molecular complexity index is 306. The number of methoxy groups -OCH3 is 2. The molecule has 110 valence electrons. The van der Waals surface area contributed by atoms with Crippen LogP contribution in [0.2, 0.25) is 0 Å². The van der Waals surface area contributed by atoms with E-state index < -0.39 is 0 Å². The van der Waals surface area contributed by atoms with Crippen molar-refractivity contribution in [3.63, 3.8) is 0 Å². The van der Waals surface area contributed by atoms with Crippen LogP contribution in [0, 0.1) is 0 Å². The van der Waals surface area contributed by atoms with Crippen LogP contribution in [0.5, 0.6) is 0 Å². The lowest BCUT2D eigenvalue weighted by atomic mass is 10.3. The summed E-state index contributed by atoms with van der Waals surface area (Å²) in [4.78, 5) is 3.78. The predicted molar refractivity (Wildman–Crippen MR) is 80.8 cm³/mol. The van der Waals surface area contributed by atoms with Gasteiger partial charge in [-0.1, -0.05) is 6.07 Å². The lowest BCUT2D eigenvalue weighted by Gasteiger charge is -2.28. The number of nitrogens with zero attached hydrogens (tertiary/aromatic N) is 1. The Kier molecular flexibility index (Phi) is 9.03. The van der Waals surface area contributed by atoms with E-state index in [-0.39, 0.29) is 0 Å². The van der Waals surface area contributed by atoms with E-state index >= 15 is 0 Å². The molecule has 0 bridgehead atoms. The predicted octanol–water partition coefficient (Wildman–Crippen LogP) is 1.82. The fourth-order valence-electron chi connectivity index (χ4n) is 1.96. The summed E-state index contributed by atoms with van der Waals surface area (Å²) in [6.45, 7) is 7.61. The van der Waals surface area contributed by atoms with E-state index in [9.17, 15) is 0 Å². The van der Waals surface area contributed by atoms with Gasteiger partial charge in [0, 0.05) is 51.3 Å². The topological polar surface area (TPSA) is 33.7 Å². The van der Waals surface area contributed by atoms with Crippen molar-refractivity contribution >= 4 is 11.3 Å². The molecule has 1 N–H and O–H groups in total. The summed E-state index contributed by atoms with van der Waals surface area (Å²) in [7, 11) is 3.49. The van der Waals surface area contributed by atoms with Crippen LogP contribution in [-0.2, 0) is 16.0 Å². The molecule has 0 aliphatic heterocycles. The molecule has 5 heteroatoms. The molecule has 1 atom stereocenters. The summed E-state index contributed by atoms with van der Waals surface area (Å²) >= 11 is 1.79. The third-order valence-electron chi connectivity index (χ3n) is 3.07. The highest BCUT2D eigenvalue weighted by atomic mass is 32.1. The molecule has 0 radical (unpaired) electrons. The summed E-state index contributed by atoms with van der Waals surface area (Å²) in [6.07, 6.45) is 0. The highest BCUT2D eigenvalue weighted by Gasteiger charge is 2.12. The Balaban J connectivity index is 2.22. The quantitative estimate of drug-likeness (QED) is 0.629. The number of ether oxygens (including phenoxy) is 2. The second-order valence-corrected chi connectivity index (χ2v) is 5.62. The highest BCUT2D eigenvalue weighted by molar-refractivity contribution is 7.09. The van der Waals surface area contributed by atoms with Gasteiger partial charge in [0.05, 0.1) is 13.2 Å². The van der Waals surface area contributed by atoms with Gasteiger partial charge in [0.2, 0.25) is 0 Å². The highest BCUT2D eigenvalue weighted by Crippen LogP contribution is 2.07. The van der Waals surface area contributed by atoms with Gasteiger partial charge in [0.15, 0.2) is 0 Å². The second kappa shape index (κ2) is 10.3. The molecule has 1 aromatic rings. The van der Waals surface area contributed by atoms with Crippen LogP contribution in [0.3, 0.4) is 0 Å². The molecule has 0 fully saturated rings. The van der Waals surface area contributed by atoms with Crippen molar-refractivity contribution in [3.8, 4) is 0 Å². The van der Waals surface area contributed by atoms with E-state index in [1.807, 2.05) is 0 Å². The molecule has 0 aliphatic rings. The van der Waals surface area contributed by atoms with Crippen LogP contribution in [0.4, 0.5) is 0 Å². The average Bonchev–Trinajstić information content (AvgIpc) is 2.91. The number of thiophene rings is 1. The van der Waals surface area contributed by atoms with E-state index in [0.29, 0.717) is 6.04 Å². The van der Waals surface area contributed by atoms with Crippen molar-refractivity contribution in [1.82, 2.24) is 10.2 Å². The minimum atomic E-state index is 0.420. The van der Waals surface area contributed by atoms with Gasteiger partial charge in [-0.25, -0.2) is 0 Å². The van der Waals surface area contributed by atoms with E-state index in [1.54, 1.807) is 25.6 Å². The lowest BCUT2D eigenvalue weighted by Crippen LogP contribution is -2.42. The molecule has 1 rings (SSSR count). The second-order valence-electron chi connectivity index (χ2n) is 4.59. The molecule has 19 heavy (non-hydrogen) atoms. The Hall–Kier alpha value is -0.460. The first-order valence-electron chi connectivity index (χ1n) is 6.73. The summed E-state index contributed by atoms with van der Waals surface area (Å²) < 4.78 is 10.4. The van der Waals surface area contributed by atoms with Crippen molar-refractivity contribution in [3.05, 3.63) is 22.4 Å². The van der Waals surface area contributed by atoms with Crippen molar-refractivity contribution < 1.29 is 9.47 Å². The standard InChI is InChI=1S/C14H26N2O2S/c1-13(12-18-3)16(8-9-17-2)7-6-15-11-14-5-4-10-19-14/h4-5,10,13,15H,6-9,11-12H2,1-3H3. The Morgan fingerprint density at radius 2 is 2.16 bits per heavy atom. The molecule has 0 saturated heterocycles. The average molecular weight is 286 g/mol. The zero-order valence-electron chi connectivity index (χ0n) is 12.2. The van der Waals surface area contributed by atoms with Gasteiger partial charge >= 0.3 is 0 Å². The molecular weight excluding hydrogens is 260 g/mol. The smallest absolute Gasteiger partial charge is 0.0615 e. The molecule has 1 heterocycles. The zero-order valence-corrected chi connectivity index (χ0v) is 13.0. The van der Waals surface area contributed by atoms with Crippen LogP contribution in [-0.4, -0.2) is 58.0 Å². The number of nitrogens with one attached hydrogen (secondary N) is 1. The largest absolute Gasteiger partial charge is 0.383 e. The first-order valence-corrected chi connectivity index (χ1v) is 7.61. The van der Waals surface area contributed by atoms with Crippen LogP contribution in [0.1, 0.15) is 11.8 Å². The summed E-state index contributed by atoms with van der Waals surface area (Å²) in [5.74, 6) is 0. The fourth-order valence-corrected chi connectivity index (χ4v) is 2.63. The van der Waals surface area contributed by atoms with Gasteiger partial charge in [-0.2, -0.15) is 0 Å². The zero-order chi connectivity index (χ0) is 13.9. The van der Waals surface area contributed by atoms with Gasteiger partial charge in [-0.3, -0.25) is 4.90 Å². The third kappa shape index (κ3) is 7.03. The van der Waals surface area contributed by atoms with E-state index in [2.05, 4.69) is 34.7 Å². The van der Waals surface area contributed by atoms with Crippen LogP contribution >= 0.6 is 11.3 Å². The SMILES string of the molecule is COCCN(CCNCc1cccs1)C(C)COC. The van der Waals surface area contributed by atoms with Crippen LogP contribution in [0.15, 0.2) is 17.5 Å². The van der Waals surface area contributed by atoms with Crippen molar-refractivity contribution in [2.75, 3.05) is 47.1 Å². The molecule has 4 nitrogen and oxygen atoms in total. The fraction of sp³-hybridized carbons (Fsp3) is 0.714. The maximum atomic E-state index is 5.23. The van der Waals surface area contributed by atoms with E-state index in [4.69, 9.17) is 9.47 Å². The van der Waals surface area contributed by atoms with E-state index in [1.165, 1.54) is 4.88 Å². The van der Waals surface area contributed by atoms with Gasteiger partial charge in [-0.05, 0) is 18.4 Å². The summed E-state index contributed by atoms with van der Waals surface area (Å²) in [6, 6.07) is 4.67. The maximum absolute atomic E-state index is 5.23. The molecule has 0 spiro atoms. The molecule has 1 unspecified atom stereocenters. The molecule has 0 aliphatic carbocycles. The first kappa shape index (κ1) is 16.6. The first-order chi connectivity index (χ1) is 9.27. The van der Waals surface area contributed by atoms with Gasteiger partial charge in [0.25, 0.3) is 0 Å². The van der Waals surface area contributed by atoms with Crippen molar-refractivity contribution in [1.29, 1.82) is 0 Å². The van der Waals surface area contributed by atoms with Crippen LogP contribution < -0.4 is 5.32 Å². The Morgan fingerprint density at radius 3 is 2.79 bits per heavy atom. The minimum Gasteiger partial charge on any atom is -0.383 e. The molecule has 0 saturated carbocycles. The van der Waals surface area contributed by atoms with Crippen LogP contribution in [0.25, 0.3) is 0 Å². The third-order valence-corrected chi connectivity index (χ3v) is 3.95. The normalized spacial score (nSPS) is 13.1. The van der Waals surface area contributed by atoms with Gasteiger partial charge in [-0.15, -0.1) is 11.3 Å². The Labute approximate surface area is 120 Å². The van der Waals surface area contributed by atoms with Crippen molar-refractivity contribution in [2.24, 2.45) is 0 Å². The Morgan fingerprint density at radius 1 is 1.32 bits per heavy atom. The number of hydrogen-bond acceptors (Lipinski definition) is 5. The number of rotatable bonds is 11. The summed E-state index contributed by atoms with van der Waals surface area (Å²) in [5.41, 5.74) is 0. The summed E-state index contributed by atoms with van der Waals surface area (Å²) in [5, 5.41) is 5.59. The van der Waals surface area contributed by atoms with Crippen molar-refractivity contribution in [2.45, 2.75) is 19.5 Å². The minimum absolute atomic E-state index is 0.420. The lowest BCUT2D eigenvalue weighted by molar-refractivity contribution is 0.0757. The van der Waals surface area contributed by atoms with E-state index in [0.717, 1.165) is 39.4 Å². The molecule has 0 amide bonds. The number of hydrogen-bond donors (Lipinski definition) is 1. The molecule has 1 aromatic heterocycles. The molecule has 0 aromatic carbocycles. The van der Waals surface area contributed by atoms with Gasteiger partial charge in [0.1, 0.15) is 0 Å². The maximum Gasteiger partial charge on any atom is 0.0615 e.